The second kappa shape index (κ2) is 13.7. The van der Waals surface area contributed by atoms with E-state index in [1.807, 2.05) is 11.3 Å². The molecule has 1 aromatic heterocycles. The highest BCUT2D eigenvalue weighted by atomic mass is 32.1. The van der Waals surface area contributed by atoms with Crippen LogP contribution < -0.4 is 9.64 Å². The van der Waals surface area contributed by atoms with Crippen molar-refractivity contribution in [3.63, 3.8) is 0 Å². The van der Waals surface area contributed by atoms with Gasteiger partial charge in [-0.3, -0.25) is 0 Å². The molecule has 0 N–H and O–H groups in total. The van der Waals surface area contributed by atoms with Crippen molar-refractivity contribution in [1.82, 2.24) is 0 Å². The zero-order chi connectivity index (χ0) is 38.9. The van der Waals surface area contributed by atoms with Crippen molar-refractivity contribution in [2.24, 2.45) is 0 Å². The fourth-order valence-corrected chi connectivity index (χ4v) is 10.4. The number of fused-ring (bicyclic) bond motifs is 9. The minimum Gasteiger partial charge on any atom is -0.484 e. The number of allylic oxidation sites excluding steroid dienone is 2. The molecule has 2 heterocycles. The summed E-state index contributed by atoms with van der Waals surface area (Å²) >= 11 is 1.86. The number of ether oxygens (including phenoxy) is 1. The Morgan fingerprint density at radius 3 is 1.90 bits per heavy atom. The van der Waals surface area contributed by atoms with Gasteiger partial charge in [0, 0.05) is 59.7 Å². The molecule has 278 valence electrons. The van der Waals surface area contributed by atoms with Crippen LogP contribution >= 0.6 is 11.3 Å². The first kappa shape index (κ1) is 33.9. The molecule has 2 atom stereocenters. The van der Waals surface area contributed by atoms with Crippen LogP contribution in [-0.4, -0.2) is 6.10 Å². The number of rotatable bonds is 6. The summed E-state index contributed by atoms with van der Waals surface area (Å²) in [6, 6.07) is 70.7. The molecule has 1 aliphatic carbocycles. The Balaban J connectivity index is 0.900. The maximum atomic E-state index is 7.00. The number of thiophene rings is 1. The molecule has 0 spiro atoms. The molecule has 3 heteroatoms. The van der Waals surface area contributed by atoms with Gasteiger partial charge in [-0.2, -0.15) is 0 Å². The average molecular weight is 772 g/mol. The van der Waals surface area contributed by atoms with E-state index in [4.69, 9.17) is 4.74 Å². The van der Waals surface area contributed by atoms with Gasteiger partial charge >= 0.3 is 0 Å². The van der Waals surface area contributed by atoms with Crippen molar-refractivity contribution in [3.05, 3.63) is 223 Å². The summed E-state index contributed by atoms with van der Waals surface area (Å²) in [5, 5.41) is 7.46. The third-order valence-electron chi connectivity index (χ3n) is 12.2. The van der Waals surface area contributed by atoms with Gasteiger partial charge in [0.15, 0.2) is 0 Å². The summed E-state index contributed by atoms with van der Waals surface area (Å²) in [5.41, 5.74) is 11.8. The Morgan fingerprint density at radius 1 is 0.441 bits per heavy atom. The minimum absolute atomic E-state index is 0.106. The lowest BCUT2D eigenvalue weighted by Crippen LogP contribution is -2.21. The monoisotopic (exact) mass is 771 g/mol. The van der Waals surface area contributed by atoms with Gasteiger partial charge in [0.2, 0.25) is 0 Å². The van der Waals surface area contributed by atoms with Crippen molar-refractivity contribution < 1.29 is 4.74 Å². The SMILES string of the molecule is C1=CC2c3cc(-c4ccccc4)c4ccccc4c3OC2C(c2ccc(N(c3ccc(-c4ccc5sc6ccccc6c5c4)cc3)c3ccc4ccccc4c3)cc2)=C1. The highest BCUT2D eigenvalue weighted by Gasteiger charge is 2.38. The van der Waals surface area contributed by atoms with Crippen molar-refractivity contribution in [1.29, 1.82) is 0 Å². The largest absolute Gasteiger partial charge is 0.484 e. The molecule has 0 saturated heterocycles. The lowest BCUT2D eigenvalue weighted by molar-refractivity contribution is 0.281. The Bertz CT molecular complexity index is 3300. The molecule has 2 nitrogen and oxygen atoms in total. The van der Waals surface area contributed by atoms with Crippen LogP contribution in [0.4, 0.5) is 17.1 Å². The van der Waals surface area contributed by atoms with Crippen LogP contribution in [0.15, 0.2) is 212 Å². The molecule has 2 unspecified atom stereocenters. The molecule has 10 aromatic rings. The van der Waals surface area contributed by atoms with Gasteiger partial charge in [-0.1, -0.05) is 152 Å². The third-order valence-corrected chi connectivity index (χ3v) is 13.4. The molecule has 2 aliphatic rings. The third kappa shape index (κ3) is 5.69. The van der Waals surface area contributed by atoms with Crippen molar-refractivity contribution in [3.8, 4) is 28.0 Å². The van der Waals surface area contributed by atoms with Gasteiger partial charge in [0.05, 0.1) is 0 Å². The summed E-state index contributed by atoms with van der Waals surface area (Å²) in [7, 11) is 0. The molecule has 9 aromatic carbocycles. The maximum absolute atomic E-state index is 7.00. The van der Waals surface area contributed by atoms with Gasteiger partial charge in [-0.25, -0.2) is 0 Å². The van der Waals surface area contributed by atoms with Gasteiger partial charge < -0.3 is 9.64 Å². The molecular formula is C56H37NOS. The fourth-order valence-electron chi connectivity index (χ4n) is 9.34. The summed E-state index contributed by atoms with van der Waals surface area (Å²) in [4.78, 5) is 2.37. The van der Waals surface area contributed by atoms with E-state index >= 15 is 0 Å². The lowest BCUT2D eigenvalue weighted by Gasteiger charge is -2.27. The first-order valence-electron chi connectivity index (χ1n) is 20.3. The highest BCUT2D eigenvalue weighted by Crippen LogP contribution is 2.51. The second-order valence-corrected chi connectivity index (χ2v) is 16.7. The van der Waals surface area contributed by atoms with Crippen LogP contribution in [-0.2, 0) is 0 Å². The number of hydrogen-bond donors (Lipinski definition) is 0. The molecule has 0 bridgehead atoms. The predicted octanol–water partition coefficient (Wildman–Crippen LogP) is 15.7. The van der Waals surface area contributed by atoms with E-state index < -0.39 is 0 Å². The first-order valence-corrected chi connectivity index (χ1v) is 21.1. The van der Waals surface area contributed by atoms with Gasteiger partial charge in [0.25, 0.3) is 0 Å². The molecular weight excluding hydrogens is 735 g/mol. The Hall–Kier alpha value is -7.20. The maximum Gasteiger partial charge on any atom is 0.135 e. The zero-order valence-electron chi connectivity index (χ0n) is 32.1. The number of benzene rings is 9. The zero-order valence-corrected chi connectivity index (χ0v) is 32.9. The van der Waals surface area contributed by atoms with E-state index in [0.29, 0.717) is 0 Å². The van der Waals surface area contributed by atoms with Crippen LogP contribution in [0.3, 0.4) is 0 Å². The van der Waals surface area contributed by atoms with Crippen molar-refractivity contribution in [2.45, 2.75) is 12.0 Å². The summed E-state index contributed by atoms with van der Waals surface area (Å²) in [6.45, 7) is 0. The Labute approximate surface area is 347 Å². The molecule has 59 heavy (non-hydrogen) atoms. The van der Waals surface area contributed by atoms with Crippen LogP contribution in [0.1, 0.15) is 17.0 Å². The standard InChI is InChI=1S/C56H37NOS/c1-2-12-38(13-3-1)50-35-52-49-19-10-18-45(55(49)58-56(52)48-17-7-6-15-46(48)50)39-24-29-43(30-25-39)57(44-31-23-36-11-4-5-14-40(36)33-44)42-27-21-37(22-28-42)41-26-32-54-51(34-41)47-16-8-9-20-53(47)59-54/h1-35,49,55H. The summed E-state index contributed by atoms with van der Waals surface area (Å²) in [6.07, 6.45) is 6.65. The molecule has 12 rings (SSSR count). The molecule has 0 fully saturated rings. The van der Waals surface area contributed by atoms with E-state index in [9.17, 15) is 0 Å². The summed E-state index contributed by atoms with van der Waals surface area (Å²) in [5.74, 6) is 1.13. The molecule has 1 aliphatic heterocycles. The first-order chi connectivity index (χ1) is 29.2. The number of nitrogens with zero attached hydrogens (tertiary/aromatic N) is 1. The molecule has 0 saturated carbocycles. The van der Waals surface area contributed by atoms with Crippen LogP contribution in [0.2, 0.25) is 0 Å². The van der Waals surface area contributed by atoms with Crippen LogP contribution in [0.5, 0.6) is 5.75 Å². The van der Waals surface area contributed by atoms with Gasteiger partial charge in [0.1, 0.15) is 11.9 Å². The predicted molar refractivity (Wildman–Crippen MR) is 251 cm³/mol. The minimum atomic E-state index is -0.106. The van der Waals surface area contributed by atoms with E-state index in [2.05, 4.69) is 217 Å². The van der Waals surface area contributed by atoms with Crippen molar-refractivity contribution >= 4 is 75.7 Å². The second-order valence-electron chi connectivity index (χ2n) is 15.6. The fraction of sp³-hybridized carbons (Fsp3) is 0.0357. The van der Waals surface area contributed by atoms with E-state index in [1.165, 1.54) is 80.7 Å². The van der Waals surface area contributed by atoms with Gasteiger partial charge in [-0.15, -0.1) is 11.3 Å². The quantitative estimate of drug-likeness (QED) is 0.167. The average Bonchev–Trinajstić information content (AvgIpc) is 3.88. The highest BCUT2D eigenvalue weighted by molar-refractivity contribution is 7.25. The molecule has 0 radical (unpaired) electrons. The normalized spacial score (nSPS) is 15.6. The van der Waals surface area contributed by atoms with E-state index in [-0.39, 0.29) is 12.0 Å². The summed E-state index contributed by atoms with van der Waals surface area (Å²) < 4.78 is 9.65. The van der Waals surface area contributed by atoms with Gasteiger partial charge in [-0.05, 0) is 105 Å². The smallest absolute Gasteiger partial charge is 0.135 e. The van der Waals surface area contributed by atoms with Crippen LogP contribution in [0.25, 0.3) is 69.5 Å². The molecule has 0 amide bonds. The van der Waals surface area contributed by atoms with E-state index in [1.54, 1.807) is 0 Å². The Kier molecular flexibility index (Phi) is 7.89. The lowest BCUT2D eigenvalue weighted by atomic mass is 9.82. The topological polar surface area (TPSA) is 12.5 Å². The number of anilines is 3. The van der Waals surface area contributed by atoms with E-state index in [0.717, 1.165) is 22.8 Å². The number of hydrogen-bond acceptors (Lipinski definition) is 3. The van der Waals surface area contributed by atoms with Crippen molar-refractivity contribution in [2.75, 3.05) is 4.90 Å². The van der Waals surface area contributed by atoms with Crippen LogP contribution in [0, 0.1) is 0 Å². The Morgan fingerprint density at radius 2 is 1.08 bits per heavy atom.